The van der Waals surface area contributed by atoms with E-state index in [9.17, 15) is 5.11 Å². The lowest BCUT2D eigenvalue weighted by Gasteiger charge is -2.31. The summed E-state index contributed by atoms with van der Waals surface area (Å²) in [4.78, 5) is 12.3. The van der Waals surface area contributed by atoms with Crippen LogP contribution in [-0.2, 0) is 0 Å². The van der Waals surface area contributed by atoms with Crippen LogP contribution in [0.4, 0.5) is 11.8 Å². The van der Waals surface area contributed by atoms with Gasteiger partial charge in [-0.3, -0.25) is 0 Å². The molecule has 0 unspecified atom stereocenters. The van der Waals surface area contributed by atoms with E-state index < -0.39 is 0 Å². The topological polar surface area (TPSA) is 61.3 Å². The van der Waals surface area contributed by atoms with Crippen LogP contribution in [0.5, 0.6) is 0 Å². The Morgan fingerprint density at radius 2 is 2.17 bits per heavy atom. The highest BCUT2D eigenvalue weighted by Gasteiger charge is 2.21. The third-order valence-electron chi connectivity index (χ3n) is 3.29. The van der Waals surface area contributed by atoms with Crippen molar-refractivity contribution in [2.45, 2.75) is 18.9 Å². The molecular formula is C12H16N4OS. The molecule has 5 nitrogen and oxygen atoms in total. The first-order chi connectivity index (χ1) is 8.78. The molecule has 0 aromatic carbocycles. The number of thiophene rings is 1. The third kappa shape index (κ3) is 2.02. The van der Waals surface area contributed by atoms with Crippen LogP contribution in [0.25, 0.3) is 10.2 Å². The van der Waals surface area contributed by atoms with Crippen molar-refractivity contribution in [1.82, 2.24) is 9.97 Å². The zero-order valence-corrected chi connectivity index (χ0v) is 11.1. The first kappa shape index (κ1) is 11.7. The lowest BCUT2D eigenvalue weighted by atomic mass is 10.1. The standard InChI is InChI=1S/C12H16N4OS/c1-13-12-14-10(9-4-7-18-11(9)15-12)16-5-2-8(17)3-6-16/h4,7-8,17H,2-3,5-6H2,1H3,(H,13,14,15). The van der Waals surface area contributed by atoms with E-state index in [0.29, 0.717) is 5.95 Å². The van der Waals surface area contributed by atoms with Gasteiger partial charge in [0.15, 0.2) is 0 Å². The number of hydrogen-bond donors (Lipinski definition) is 2. The van der Waals surface area contributed by atoms with Crippen LogP contribution in [-0.4, -0.2) is 41.3 Å². The SMILES string of the molecule is CNc1nc(N2CCC(O)CC2)c2ccsc2n1. The molecule has 2 aromatic heterocycles. The van der Waals surface area contributed by atoms with Gasteiger partial charge in [0.25, 0.3) is 0 Å². The summed E-state index contributed by atoms with van der Waals surface area (Å²) in [5.41, 5.74) is 0. The number of rotatable bonds is 2. The second kappa shape index (κ2) is 4.70. The molecule has 96 valence electrons. The summed E-state index contributed by atoms with van der Waals surface area (Å²) in [5, 5.41) is 15.7. The number of hydrogen-bond acceptors (Lipinski definition) is 6. The van der Waals surface area contributed by atoms with Gasteiger partial charge in [-0.1, -0.05) is 0 Å². The Bertz CT molecular complexity index is 548. The minimum atomic E-state index is -0.162. The Labute approximate surface area is 109 Å². The van der Waals surface area contributed by atoms with Crippen molar-refractivity contribution in [3.05, 3.63) is 11.4 Å². The molecule has 0 radical (unpaired) electrons. The molecular weight excluding hydrogens is 248 g/mol. The largest absolute Gasteiger partial charge is 0.393 e. The Morgan fingerprint density at radius 1 is 1.39 bits per heavy atom. The van der Waals surface area contributed by atoms with Gasteiger partial charge in [-0.2, -0.15) is 4.98 Å². The van der Waals surface area contributed by atoms with Crippen LogP contribution < -0.4 is 10.2 Å². The van der Waals surface area contributed by atoms with Crippen molar-refractivity contribution in [1.29, 1.82) is 0 Å². The zero-order valence-electron chi connectivity index (χ0n) is 10.3. The van der Waals surface area contributed by atoms with Gasteiger partial charge in [0.05, 0.1) is 11.5 Å². The molecule has 2 N–H and O–H groups in total. The van der Waals surface area contributed by atoms with Crippen molar-refractivity contribution in [2.75, 3.05) is 30.4 Å². The molecule has 3 heterocycles. The average Bonchev–Trinajstić information content (AvgIpc) is 2.86. The average molecular weight is 264 g/mol. The number of aliphatic hydroxyl groups excluding tert-OH is 1. The second-order valence-corrected chi connectivity index (χ2v) is 5.37. The lowest BCUT2D eigenvalue weighted by molar-refractivity contribution is 0.145. The van der Waals surface area contributed by atoms with Crippen molar-refractivity contribution >= 4 is 33.3 Å². The fourth-order valence-corrected chi connectivity index (χ4v) is 3.03. The maximum Gasteiger partial charge on any atom is 0.225 e. The molecule has 2 aromatic rings. The van der Waals surface area contributed by atoms with Crippen LogP contribution in [0.2, 0.25) is 0 Å². The Kier molecular flexibility index (Phi) is 3.05. The highest BCUT2D eigenvalue weighted by molar-refractivity contribution is 7.16. The van der Waals surface area contributed by atoms with Crippen molar-refractivity contribution in [2.24, 2.45) is 0 Å². The molecule has 0 saturated carbocycles. The van der Waals surface area contributed by atoms with Gasteiger partial charge < -0.3 is 15.3 Å². The number of fused-ring (bicyclic) bond motifs is 1. The highest BCUT2D eigenvalue weighted by Crippen LogP contribution is 2.30. The first-order valence-electron chi connectivity index (χ1n) is 6.14. The van der Waals surface area contributed by atoms with Crippen molar-refractivity contribution in [3.8, 4) is 0 Å². The molecule has 0 amide bonds. The normalized spacial score (nSPS) is 17.3. The van der Waals surface area contributed by atoms with Gasteiger partial charge in [0, 0.05) is 20.1 Å². The molecule has 6 heteroatoms. The predicted molar refractivity (Wildman–Crippen MR) is 74.4 cm³/mol. The van der Waals surface area contributed by atoms with E-state index in [4.69, 9.17) is 0 Å². The van der Waals surface area contributed by atoms with Crippen LogP contribution in [0.3, 0.4) is 0 Å². The van der Waals surface area contributed by atoms with Crippen molar-refractivity contribution in [3.63, 3.8) is 0 Å². The van der Waals surface area contributed by atoms with E-state index in [-0.39, 0.29) is 6.10 Å². The summed E-state index contributed by atoms with van der Waals surface area (Å²) in [6.07, 6.45) is 1.46. The zero-order chi connectivity index (χ0) is 12.5. The summed E-state index contributed by atoms with van der Waals surface area (Å²) in [6.45, 7) is 1.71. The van der Waals surface area contributed by atoms with Crippen LogP contribution >= 0.6 is 11.3 Å². The Morgan fingerprint density at radius 3 is 2.89 bits per heavy atom. The highest BCUT2D eigenvalue weighted by atomic mass is 32.1. The van der Waals surface area contributed by atoms with Crippen LogP contribution in [0.1, 0.15) is 12.8 Å². The summed E-state index contributed by atoms with van der Waals surface area (Å²) in [7, 11) is 1.83. The Hall–Kier alpha value is -1.40. The van der Waals surface area contributed by atoms with E-state index >= 15 is 0 Å². The van der Waals surface area contributed by atoms with Gasteiger partial charge in [-0.05, 0) is 24.3 Å². The van der Waals surface area contributed by atoms with E-state index in [0.717, 1.165) is 42.0 Å². The summed E-state index contributed by atoms with van der Waals surface area (Å²) < 4.78 is 0. The quantitative estimate of drug-likeness (QED) is 0.864. The minimum absolute atomic E-state index is 0.162. The fourth-order valence-electron chi connectivity index (χ4n) is 2.27. The van der Waals surface area contributed by atoms with E-state index in [1.165, 1.54) is 0 Å². The monoisotopic (exact) mass is 264 g/mol. The van der Waals surface area contributed by atoms with Gasteiger partial charge in [-0.15, -0.1) is 11.3 Å². The van der Waals surface area contributed by atoms with E-state index in [2.05, 4.69) is 26.3 Å². The molecule has 0 bridgehead atoms. The van der Waals surface area contributed by atoms with E-state index in [1.54, 1.807) is 11.3 Å². The summed E-state index contributed by atoms with van der Waals surface area (Å²) >= 11 is 1.63. The minimum Gasteiger partial charge on any atom is -0.393 e. The molecule has 0 spiro atoms. The second-order valence-electron chi connectivity index (χ2n) is 4.48. The summed E-state index contributed by atoms with van der Waals surface area (Å²) in [5.74, 6) is 1.64. The van der Waals surface area contributed by atoms with Gasteiger partial charge in [0.2, 0.25) is 5.95 Å². The van der Waals surface area contributed by atoms with Crippen LogP contribution in [0.15, 0.2) is 11.4 Å². The van der Waals surface area contributed by atoms with Gasteiger partial charge >= 0.3 is 0 Å². The van der Waals surface area contributed by atoms with Crippen molar-refractivity contribution < 1.29 is 5.11 Å². The van der Waals surface area contributed by atoms with Gasteiger partial charge in [-0.25, -0.2) is 4.98 Å². The van der Waals surface area contributed by atoms with Crippen LogP contribution in [0, 0.1) is 0 Å². The molecule has 1 fully saturated rings. The Balaban J connectivity index is 2.01. The molecule has 0 aliphatic carbocycles. The number of nitrogens with zero attached hydrogens (tertiary/aromatic N) is 3. The summed E-state index contributed by atoms with van der Waals surface area (Å²) in [6, 6.07) is 2.07. The smallest absolute Gasteiger partial charge is 0.225 e. The number of nitrogens with one attached hydrogen (secondary N) is 1. The number of aromatic nitrogens is 2. The van der Waals surface area contributed by atoms with Gasteiger partial charge in [0.1, 0.15) is 10.6 Å². The molecule has 1 aliphatic rings. The fraction of sp³-hybridized carbons (Fsp3) is 0.500. The number of piperidine rings is 1. The molecule has 3 rings (SSSR count). The predicted octanol–water partition coefficient (Wildman–Crippen LogP) is 1.69. The third-order valence-corrected chi connectivity index (χ3v) is 4.10. The molecule has 18 heavy (non-hydrogen) atoms. The lowest BCUT2D eigenvalue weighted by Crippen LogP contribution is -2.36. The molecule has 1 aliphatic heterocycles. The maximum atomic E-state index is 9.58. The number of aliphatic hydroxyl groups is 1. The first-order valence-corrected chi connectivity index (χ1v) is 7.02. The van der Waals surface area contributed by atoms with E-state index in [1.807, 2.05) is 12.4 Å². The maximum absolute atomic E-state index is 9.58. The molecule has 1 saturated heterocycles. The molecule has 0 atom stereocenters. The number of anilines is 2.